The maximum absolute atomic E-state index is 13.7. The van der Waals surface area contributed by atoms with Gasteiger partial charge >= 0.3 is 12.3 Å². The van der Waals surface area contributed by atoms with Gasteiger partial charge in [-0.2, -0.15) is 18.3 Å². The second-order valence-corrected chi connectivity index (χ2v) is 6.40. The molecule has 0 unspecified atom stereocenters. The van der Waals surface area contributed by atoms with Crippen molar-refractivity contribution >= 4 is 6.09 Å². The van der Waals surface area contributed by atoms with E-state index in [1.807, 2.05) is 0 Å². The number of ether oxygens (including phenoxy) is 4. The second-order valence-electron chi connectivity index (χ2n) is 6.40. The summed E-state index contributed by atoms with van der Waals surface area (Å²) in [4.78, 5) is 12.1. The molecule has 162 valence electrons. The van der Waals surface area contributed by atoms with Crippen LogP contribution in [0.3, 0.4) is 0 Å². The van der Waals surface area contributed by atoms with Crippen LogP contribution in [0, 0.1) is 0 Å². The van der Waals surface area contributed by atoms with Gasteiger partial charge in [-0.25, -0.2) is 9.48 Å². The molecule has 0 radical (unpaired) electrons. The number of rotatable bonds is 5. The van der Waals surface area contributed by atoms with E-state index in [1.165, 1.54) is 31.4 Å². The highest BCUT2D eigenvalue weighted by Crippen LogP contribution is 2.38. The number of carbonyl (C=O) groups excluding carboxylic acids is 1. The van der Waals surface area contributed by atoms with E-state index in [0.29, 0.717) is 27.5 Å². The van der Waals surface area contributed by atoms with E-state index in [9.17, 15) is 18.0 Å². The first-order valence-corrected chi connectivity index (χ1v) is 8.99. The number of fused-ring (bicyclic) bond motifs is 1. The van der Waals surface area contributed by atoms with Crippen LogP contribution in [-0.2, 0) is 12.7 Å². The first kappa shape index (κ1) is 20.4. The number of halogens is 3. The SMILES string of the molecule is COc1ccc(-n2ncc(OC(=O)NCc3ccc4c(c3)OCO4)c2C(F)(F)F)cc1. The molecule has 1 aliphatic heterocycles. The van der Waals surface area contributed by atoms with Crippen molar-refractivity contribution in [3.63, 3.8) is 0 Å². The Morgan fingerprint density at radius 3 is 2.61 bits per heavy atom. The number of nitrogens with one attached hydrogen (secondary N) is 1. The topological polar surface area (TPSA) is 83.8 Å². The number of alkyl halides is 3. The second kappa shape index (κ2) is 8.09. The fourth-order valence-corrected chi connectivity index (χ4v) is 2.95. The summed E-state index contributed by atoms with van der Waals surface area (Å²) >= 11 is 0. The van der Waals surface area contributed by atoms with Crippen LogP contribution < -0.4 is 24.3 Å². The minimum Gasteiger partial charge on any atom is -0.497 e. The average Bonchev–Trinajstić information content (AvgIpc) is 3.38. The first-order valence-electron chi connectivity index (χ1n) is 8.99. The third-order valence-electron chi connectivity index (χ3n) is 4.40. The summed E-state index contributed by atoms with van der Waals surface area (Å²) in [5, 5.41) is 6.14. The van der Waals surface area contributed by atoms with Gasteiger partial charge in [0, 0.05) is 6.54 Å². The summed E-state index contributed by atoms with van der Waals surface area (Å²) in [6.45, 7) is 0.121. The van der Waals surface area contributed by atoms with Gasteiger partial charge in [0.25, 0.3) is 0 Å². The zero-order valence-corrected chi connectivity index (χ0v) is 16.1. The number of methoxy groups -OCH3 is 1. The number of nitrogens with zero attached hydrogens (tertiary/aromatic N) is 2. The van der Waals surface area contributed by atoms with E-state index < -0.39 is 23.7 Å². The van der Waals surface area contributed by atoms with E-state index in [-0.39, 0.29) is 19.0 Å². The molecule has 11 heteroatoms. The third kappa shape index (κ3) is 4.34. The molecule has 1 amide bonds. The predicted octanol–water partition coefficient (Wildman–Crippen LogP) is 3.92. The number of carbonyl (C=O) groups is 1. The first-order chi connectivity index (χ1) is 14.8. The fraction of sp³-hybridized carbons (Fsp3) is 0.200. The number of hydrogen-bond donors (Lipinski definition) is 1. The van der Waals surface area contributed by atoms with Gasteiger partial charge in [0.1, 0.15) is 5.75 Å². The summed E-state index contributed by atoms with van der Waals surface area (Å²) in [5.74, 6) is 0.857. The van der Waals surface area contributed by atoms with E-state index in [4.69, 9.17) is 18.9 Å². The van der Waals surface area contributed by atoms with E-state index in [2.05, 4.69) is 10.4 Å². The number of amides is 1. The van der Waals surface area contributed by atoms with Crippen molar-refractivity contribution in [3.05, 3.63) is 59.9 Å². The van der Waals surface area contributed by atoms with Crippen LogP contribution in [0.1, 0.15) is 11.3 Å². The summed E-state index contributed by atoms with van der Waals surface area (Å²) in [6.07, 6.45) is -5.03. The van der Waals surface area contributed by atoms with Crippen molar-refractivity contribution in [1.29, 1.82) is 0 Å². The van der Waals surface area contributed by atoms with Crippen LogP contribution in [0.2, 0.25) is 0 Å². The lowest BCUT2D eigenvalue weighted by Crippen LogP contribution is -2.27. The summed E-state index contributed by atoms with van der Waals surface area (Å²) in [6, 6.07) is 10.8. The monoisotopic (exact) mass is 435 g/mol. The van der Waals surface area contributed by atoms with E-state index in [0.717, 1.165) is 6.20 Å². The molecule has 8 nitrogen and oxygen atoms in total. The third-order valence-corrected chi connectivity index (χ3v) is 4.40. The van der Waals surface area contributed by atoms with Crippen LogP contribution in [-0.4, -0.2) is 29.8 Å². The Morgan fingerprint density at radius 1 is 1.16 bits per heavy atom. The smallest absolute Gasteiger partial charge is 0.437 e. The predicted molar refractivity (Wildman–Crippen MR) is 101 cm³/mol. The number of aromatic nitrogens is 2. The Bertz CT molecular complexity index is 1100. The Hall–Kier alpha value is -3.89. The minimum atomic E-state index is -4.82. The molecule has 2 heterocycles. The molecular weight excluding hydrogens is 419 g/mol. The van der Waals surface area contributed by atoms with Gasteiger partial charge < -0.3 is 24.3 Å². The highest BCUT2D eigenvalue weighted by Gasteiger charge is 2.40. The van der Waals surface area contributed by atoms with Crippen molar-refractivity contribution in [1.82, 2.24) is 15.1 Å². The summed E-state index contributed by atoms with van der Waals surface area (Å²) in [5.41, 5.74) is -0.425. The molecule has 0 aliphatic carbocycles. The molecule has 1 N–H and O–H groups in total. The van der Waals surface area contributed by atoms with Crippen molar-refractivity contribution in [2.45, 2.75) is 12.7 Å². The Balaban J connectivity index is 1.49. The maximum Gasteiger partial charge on any atom is 0.437 e. The molecule has 0 fully saturated rings. The van der Waals surface area contributed by atoms with Crippen molar-refractivity contribution in [3.8, 4) is 28.7 Å². The van der Waals surface area contributed by atoms with Gasteiger partial charge in [0.05, 0.1) is 19.0 Å². The van der Waals surface area contributed by atoms with Crippen LogP contribution in [0.5, 0.6) is 23.0 Å². The maximum atomic E-state index is 13.7. The normalized spacial score (nSPS) is 12.5. The molecule has 3 aromatic rings. The number of benzene rings is 2. The van der Waals surface area contributed by atoms with Gasteiger partial charge in [-0.05, 0) is 42.0 Å². The van der Waals surface area contributed by atoms with Crippen molar-refractivity contribution < 1.29 is 36.9 Å². The molecule has 0 bridgehead atoms. The van der Waals surface area contributed by atoms with Gasteiger partial charge in [-0.1, -0.05) is 6.07 Å². The van der Waals surface area contributed by atoms with Crippen LogP contribution in [0.15, 0.2) is 48.7 Å². The summed E-state index contributed by atoms with van der Waals surface area (Å²) in [7, 11) is 1.44. The van der Waals surface area contributed by atoms with Crippen molar-refractivity contribution in [2.24, 2.45) is 0 Å². The lowest BCUT2D eigenvalue weighted by Gasteiger charge is -2.13. The molecule has 0 saturated carbocycles. The molecule has 4 rings (SSSR count). The highest BCUT2D eigenvalue weighted by atomic mass is 19.4. The van der Waals surface area contributed by atoms with Crippen molar-refractivity contribution in [2.75, 3.05) is 13.9 Å². The Kier molecular flexibility index (Phi) is 5.32. The summed E-state index contributed by atoms with van der Waals surface area (Å²) < 4.78 is 62.0. The Labute approximate surface area is 174 Å². The molecular formula is C20H16F3N3O5. The zero-order valence-electron chi connectivity index (χ0n) is 16.1. The van der Waals surface area contributed by atoms with Gasteiger partial charge in [0.2, 0.25) is 6.79 Å². The minimum absolute atomic E-state index is 0.0173. The molecule has 1 aromatic heterocycles. The van der Waals surface area contributed by atoms with Crippen LogP contribution in [0.4, 0.5) is 18.0 Å². The van der Waals surface area contributed by atoms with Gasteiger partial charge in [-0.3, -0.25) is 0 Å². The lowest BCUT2D eigenvalue weighted by atomic mass is 10.2. The van der Waals surface area contributed by atoms with Gasteiger partial charge in [0.15, 0.2) is 22.9 Å². The molecule has 1 aliphatic rings. The molecule has 0 saturated heterocycles. The van der Waals surface area contributed by atoms with E-state index >= 15 is 0 Å². The average molecular weight is 435 g/mol. The molecule has 2 aromatic carbocycles. The fourth-order valence-electron chi connectivity index (χ4n) is 2.95. The lowest BCUT2D eigenvalue weighted by molar-refractivity contribution is -0.143. The van der Waals surface area contributed by atoms with Gasteiger partial charge in [-0.15, -0.1) is 0 Å². The van der Waals surface area contributed by atoms with Crippen LogP contribution >= 0.6 is 0 Å². The molecule has 0 spiro atoms. The van der Waals surface area contributed by atoms with Crippen LogP contribution in [0.25, 0.3) is 5.69 Å². The standard InChI is InChI=1S/C20H16F3N3O5/c1-28-14-5-3-13(4-6-14)26-18(20(21,22)23)17(10-25-26)31-19(27)24-9-12-2-7-15-16(8-12)30-11-29-15/h2-8,10H,9,11H2,1H3,(H,24,27). The molecule has 0 atom stereocenters. The van der Waals surface area contributed by atoms with E-state index in [1.54, 1.807) is 18.2 Å². The largest absolute Gasteiger partial charge is 0.497 e. The highest BCUT2D eigenvalue weighted by molar-refractivity contribution is 5.70. The number of hydrogen-bond acceptors (Lipinski definition) is 6. The quantitative estimate of drug-likeness (QED) is 0.654. The zero-order chi connectivity index (χ0) is 22.0. The molecule has 31 heavy (non-hydrogen) atoms. The Morgan fingerprint density at radius 2 is 1.90 bits per heavy atom.